The predicted octanol–water partition coefficient (Wildman–Crippen LogP) is 2.21. The zero-order chi connectivity index (χ0) is 13.7. The van der Waals surface area contributed by atoms with Crippen molar-refractivity contribution in [3.05, 3.63) is 0 Å². The molecule has 3 unspecified atom stereocenters. The number of ether oxygens (including phenoxy) is 2. The van der Waals surface area contributed by atoms with Gasteiger partial charge in [0, 0.05) is 20.1 Å². The van der Waals surface area contributed by atoms with E-state index in [9.17, 15) is 9.59 Å². The first-order chi connectivity index (χ1) is 8.56. The third kappa shape index (κ3) is 3.18. The van der Waals surface area contributed by atoms with Crippen molar-refractivity contribution < 1.29 is 19.1 Å². The van der Waals surface area contributed by atoms with Crippen LogP contribution >= 0.6 is 0 Å². The van der Waals surface area contributed by atoms with Crippen LogP contribution in [0.3, 0.4) is 0 Å². The van der Waals surface area contributed by atoms with Crippen LogP contribution in [0.5, 0.6) is 0 Å². The van der Waals surface area contributed by atoms with Crippen molar-refractivity contribution in [3.8, 4) is 0 Å². The smallest absolute Gasteiger partial charge is 0.218 e. The zero-order valence-corrected chi connectivity index (χ0v) is 11.8. The summed E-state index contributed by atoms with van der Waals surface area (Å²) in [5, 5.41) is 0. The lowest BCUT2D eigenvalue weighted by Crippen LogP contribution is -2.42. The van der Waals surface area contributed by atoms with E-state index in [1.165, 1.54) is 14.2 Å². The Labute approximate surface area is 109 Å². The van der Waals surface area contributed by atoms with E-state index in [1.54, 1.807) is 0 Å². The van der Waals surface area contributed by atoms with Gasteiger partial charge in [0.2, 0.25) is 6.29 Å². The molecule has 0 aromatic carbocycles. The summed E-state index contributed by atoms with van der Waals surface area (Å²) in [4.78, 5) is 24.5. The maximum Gasteiger partial charge on any atom is 0.218 e. The molecule has 0 saturated heterocycles. The second-order valence-corrected chi connectivity index (χ2v) is 5.08. The van der Waals surface area contributed by atoms with Gasteiger partial charge in [-0.3, -0.25) is 9.59 Å². The first kappa shape index (κ1) is 15.3. The van der Waals surface area contributed by atoms with E-state index in [-0.39, 0.29) is 17.5 Å². The van der Waals surface area contributed by atoms with Gasteiger partial charge in [-0.25, -0.2) is 0 Å². The fourth-order valence-electron chi connectivity index (χ4n) is 2.71. The van der Waals surface area contributed by atoms with Crippen molar-refractivity contribution in [1.29, 1.82) is 0 Å². The molecule has 1 fully saturated rings. The number of hydrogen-bond acceptors (Lipinski definition) is 4. The molecule has 0 radical (unpaired) electrons. The second kappa shape index (κ2) is 7.00. The molecule has 18 heavy (non-hydrogen) atoms. The Morgan fingerprint density at radius 1 is 1.33 bits per heavy atom. The van der Waals surface area contributed by atoms with Crippen LogP contribution in [0.15, 0.2) is 0 Å². The summed E-state index contributed by atoms with van der Waals surface area (Å²) < 4.78 is 9.92. The Bertz CT molecular complexity index is 296. The van der Waals surface area contributed by atoms with Crippen LogP contribution in [0.25, 0.3) is 0 Å². The number of ketones is 2. The van der Waals surface area contributed by atoms with Crippen LogP contribution in [0.4, 0.5) is 0 Å². The van der Waals surface area contributed by atoms with Gasteiger partial charge in [-0.05, 0) is 18.8 Å². The van der Waals surface area contributed by atoms with Crippen LogP contribution < -0.4 is 0 Å². The molecule has 4 nitrogen and oxygen atoms in total. The molecule has 0 bridgehead atoms. The quantitative estimate of drug-likeness (QED) is 0.540. The molecule has 0 aromatic heterocycles. The molecule has 1 rings (SSSR count). The Balaban J connectivity index is 2.77. The summed E-state index contributed by atoms with van der Waals surface area (Å²) in [6.45, 7) is 4.16. The fraction of sp³-hybridized carbons (Fsp3) is 0.857. The van der Waals surface area contributed by atoms with E-state index in [0.717, 1.165) is 19.3 Å². The van der Waals surface area contributed by atoms with E-state index in [1.807, 2.05) is 0 Å². The van der Waals surface area contributed by atoms with Crippen LogP contribution in [0.1, 0.15) is 39.5 Å². The number of carbonyl (C=O) groups is 2. The molecule has 3 atom stereocenters. The van der Waals surface area contributed by atoms with Gasteiger partial charge in [0.15, 0.2) is 5.78 Å². The third-order valence-electron chi connectivity index (χ3n) is 4.05. The van der Waals surface area contributed by atoms with E-state index in [4.69, 9.17) is 9.47 Å². The lowest BCUT2D eigenvalue weighted by molar-refractivity contribution is -0.165. The molecule has 0 heterocycles. The molecule has 104 valence electrons. The van der Waals surface area contributed by atoms with E-state index >= 15 is 0 Å². The van der Waals surface area contributed by atoms with Crippen molar-refractivity contribution in [2.24, 2.45) is 17.8 Å². The lowest BCUT2D eigenvalue weighted by Gasteiger charge is -2.31. The summed E-state index contributed by atoms with van der Waals surface area (Å²) in [5.41, 5.74) is 0. The minimum atomic E-state index is -0.908. The zero-order valence-electron chi connectivity index (χ0n) is 11.8. The summed E-state index contributed by atoms with van der Waals surface area (Å²) >= 11 is 0. The predicted molar refractivity (Wildman–Crippen MR) is 68.1 cm³/mol. The average Bonchev–Trinajstić information content (AvgIpc) is 2.39. The first-order valence-electron chi connectivity index (χ1n) is 6.69. The number of hydrogen-bond donors (Lipinski definition) is 0. The normalized spacial score (nSPS) is 26.4. The maximum absolute atomic E-state index is 12.4. The van der Waals surface area contributed by atoms with E-state index < -0.39 is 12.2 Å². The molecule has 1 aliphatic carbocycles. The van der Waals surface area contributed by atoms with Crippen molar-refractivity contribution >= 4 is 11.6 Å². The lowest BCUT2D eigenvalue weighted by atomic mass is 9.72. The van der Waals surface area contributed by atoms with Gasteiger partial charge in [-0.1, -0.05) is 26.7 Å². The van der Waals surface area contributed by atoms with Crippen LogP contribution in [-0.2, 0) is 19.1 Å². The van der Waals surface area contributed by atoms with Crippen molar-refractivity contribution in [1.82, 2.24) is 0 Å². The molecule has 1 aliphatic rings. The summed E-state index contributed by atoms with van der Waals surface area (Å²) in [5.74, 6) is -0.316. The Hall–Kier alpha value is -0.740. The van der Waals surface area contributed by atoms with E-state index in [0.29, 0.717) is 12.3 Å². The highest BCUT2D eigenvalue weighted by Crippen LogP contribution is 2.33. The Morgan fingerprint density at radius 2 is 1.94 bits per heavy atom. The third-order valence-corrected chi connectivity index (χ3v) is 4.05. The summed E-state index contributed by atoms with van der Waals surface area (Å²) in [6, 6.07) is 0. The highest BCUT2D eigenvalue weighted by atomic mass is 16.7. The van der Waals surface area contributed by atoms with Gasteiger partial charge in [0.25, 0.3) is 0 Å². The highest BCUT2D eigenvalue weighted by molar-refractivity contribution is 6.05. The standard InChI is InChI=1S/C14H24O4/c1-5-9(2)10-7-6-8-11(12(10)15)13(16)14(17-3)18-4/h9-11,14H,5-8H2,1-4H3. The molecule has 0 aliphatic heterocycles. The summed E-state index contributed by atoms with van der Waals surface area (Å²) in [6.07, 6.45) is 2.53. The SMILES string of the molecule is CCC(C)C1CCCC(C(=O)C(OC)OC)C1=O. The average molecular weight is 256 g/mol. The van der Waals surface area contributed by atoms with Gasteiger partial charge in [0.1, 0.15) is 5.78 Å². The maximum atomic E-state index is 12.4. The molecule has 1 saturated carbocycles. The van der Waals surface area contributed by atoms with Crippen LogP contribution in [0, 0.1) is 17.8 Å². The molecule has 0 N–H and O–H groups in total. The van der Waals surface area contributed by atoms with E-state index in [2.05, 4.69) is 13.8 Å². The topological polar surface area (TPSA) is 52.6 Å². The van der Waals surface area contributed by atoms with Crippen molar-refractivity contribution in [2.75, 3.05) is 14.2 Å². The van der Waals surface area contributed by atoms with Crippen molar-refractivity contribution in [3.63, 3.8) is 0 Å². The van der Waals surface area contributed by atoms with Gasteiger partial charge in [-0.15, -0.1) is 0 Å². The van der Waals surface area contributed by atoms with Crippen molar-refractivity contribution in [2.45, 2.75) is 45.8 Å². The monoisotopic (exact) mass is 256 g/mol. The molecule has 4 heteroatoms. The molecular weight excluding hydrogens is 232 g/mol. The number of carbonyl (C=O) groups excluding carboxylic acids is 2. The molecule has 0 aromatic rings. The number of rotatable bonds is 6. The van der Waals surface area contributed by atoms with Gasteiger partial charge in [-0.2, -0.15) is 0 Å². The second-order valence-electron chi connectivity index (χ2n) is 5.08. The van der Waals surface area contributed by atoms with Crippen LogP contribution in [0.2, 0.25) is 0 Å². The number of Topliss-reactive ketones (excluding diaryl/α,β-unsaturated/α-hetero) is 2. The van der Waals surface area contributed by atoms with Gasteiger partial charge >= 0.3 is 0 Å². The van der Waals surface area contributed by atoms with Gasteiger partial charge in [0.05, 0.1) is 5.92 Å². The summed E-state index contributed by atoms with van der Waals surface area (Å²) in [7, 11) is 2.84. The molecular formula is C14H24O4. The minimum Gasteiger partial charge on any atom is -0.349 e. The molecule has 0 spiro atoms. The minimum absolute atomic E-state index is 0.0204. The largest absolute Gasteiger partial charge is 0.349 e. The van der Waals surface area contributed by atoms with Gasteiger partial charge < -0.3 is 9.47 Å². The Kier molecular flexibility index (Phi) is 5.96. The fourth-order valence-corrected chi connectivity index (χ4v) is 2.71. The Morgan fingerprint density at radius 3 is 2.44 bits per heavy atom. The van der Waals surface area contributed by atoms with Crippen LogP contribution in [-0.4, -0.2) is 32.1 Å². The first-order valence-corrected chi connectivity index (χ1v) is 6.69. The number of methoxy groups -OCH3 is 2. The molecule has 0 amide bonds. The highest BCUT2D eigenvalue weighted by Gasteiger charge is 2.40.